The fourth-order valence-corrected chi connectivity index (χ4v) is 3.67. The zero-order valence-electron chi connectivity index (χ0n) is 15.9. The molecule has 0 aliphatic rings. The van der Waals surface area contributed by atoms with Crippen LogP contribution in [0.25, 0.3) is 11.1 Å². The lowest BCUT2D eigenvalue weighted by molar-refractivity contribution is -0.274. The maximum absolute atomic E-state index is 12.3. The molecule has 4 nitrogen and oxygen atoms in total. The molecule has 0 saturated heterocycles. The van der Waals surface area contributed by atoms with E-state index in [4.69, 9.17) is 5.14 Å². The van der Waals surface area contributed by atoms with Gasteiger partial charge in [0.2, 0.25) is 10.0 Å². The van der Waals surface area contributed by atoms with E-state index in [9.17, 15) is 21.6 Å². The molecule has 0 fully saturated rings. The van der Waals surface area contributed by atoms with Crippen LogP contribution in [-0.4, -0.2) is 14.8 Å². The van der Waals surface area contributed by atoms with Gasteiger partial charge in [-0.1, -0.05) is 48.5 Å². The van der Waals surface area contributed by atoms with Crippen LogP contribution in [0.3, 0.4) is 0 Å². The number of halogens is 3. The quantitative estimate of drug-likeness (QED) is 0.563. The molecule has 0 aliphatic carbocycles. The zero-order valence-corrected chi connectivity index (χ0v) is 16.7. The van der Waals surface area contributed by atoms with E-state index in [0.717, 1.165) is 35.1 Å². The molecule has 0 radical (unpaired) electrons. The average Bonchev–Trinajstić information content (AvgIpc) is 2.67. The minimum atomic E-state index is -4.70. The molecule has 0 atom stereocenters. The van der Waals surface area contributed by atoms with Gasteiger partial charge in [-0.05, 0) is 65.8 Å². The molecule has 0 bridgehead atoms. The Morgan fingerprint density at radius 1 is 0.800 bits per heavy atom. The maximum atomic E-state index is 12.3. The number of ether oxygens (including phenoxy) is 1. The molecule has 0 aliphatic heterocycles. The maximum Gasteiger partial charge on any atom is 0.573 e. The van der Waals surface area contributed by atoms with Crippen molar-refractivity contribution in [1.29, 1.82) is 0 Å². The number of primary sulfonamides is 1. The molecule has 0 unspecified atom stereocenters. The largest absolute Gasteiger partial charge is 0.573 e. The van der Waals surface area contributed by atoms with Crippen LogP contribution >= 0.6 is 0 Å². The van der Waals surface area contributed by atoms with Gasteiger partial charge in [0.1, 0.15) is 5.75 Å². The van der Waals surface area contributed by atoms with Gasteiger partial charge < -0.3 is 4.74 Å². The molecule has 158 valence electrons. The van der Waals surface area contributed by atoms with Gasteiger partial charge in [0, 0.05) is 0 Å². The van der Waals surface area contributed by atoms with Crippen molar-refractivity contribution in [3.8, 4) is 16.9 Å². The lowest BCUT2D eigenvalue weighted by atomic mass is 10.0. The van der Waals surface area contributed by atoms with Gasteiger partial charge in [-0.15, -0.1) is 13.2 Å². The second kappa shape index (κ2) is 8.89. The molecule has 0 saturated carbocycles. The van der Waals surface area contributed by atoms with Crippen molar-refractivity contribution in [2.75, 3.05) is 0 Å². The number of rotatable bonds is 7. The molecule has 0 heterocycles. The predicted molar refractivity (Wildman–Crippen MR) is 108 cm³/mol. The number of nitrogens with two attached hydrogens (primary N) is 1. The Balaban J connectivity index is 1.60. The monoisotopic (exact) mass is 435 g/mol. The summed E-state index contributed by atoms with van der Waals surface area (Å²) < 4.78 is 63.9. The van der Waals surface area contributed by atoms with Crippen molar-refractivity contribution in [1.82, 2.24) is 0 Å². The Bertz CT molecular complexity index is 1110. The van der Waals surface area contributed by atoms with E-state index < -0.39 is 16.4 Å². The van der Waals surface area contributed by atoms with E-state index in [1.54, 1.807) is 24.3 Å². The lowest BCUT2D eigenvalue weighted by Crippen LogP contribution is -2.17. The van der Waals surface area contributed by atoms with Crippen LogP contribution in [0.5, 0.6) is 5.75 Å². The third-order valence-electron chi connectivity index (χ3n) is 4.51. The molecular formula is C22H20F3NO3S. The standard InChI is InChI=1S/C22H20F3NO3S/c23-22(24,25)29-20-8-2-6-17(14-20)5-1-4-16-10-12-18(13-11-16)19-7-3-9-21(15-19)30(26,27)28/h2-3,6-15H,1,4-5H2,(H2,26,27,28). The summed E-state index contributed by atoms with van der Waals surface area (Å²) in [7, 11) is -3.76. The summed E-state index contributed by atoms with van der Waals surface area (Å²) in [5.41, 5.74) is 3.45. The SMILES string of the molecule is NS(=O)(=O)c1cccc(-c2ccc(CCCc3cccc(OC(F)(F)F)c3)cc2)c1. The summed E-state index contributed by atoms with van der Waals surface area (Å²) in [5, 5.41) is 5.18. The summed E-state index contributed by atoms with van der Waals surface area (Å²) in [6, 6.07) is 20.1. The molecule has 0 spiro atoms. The summed E-state index contributed by atoms with van der Waals surface area (Å²) in [5.74, 6) is -0.217. The normalized spacial score (nSPS) is 12.0. The highest BCUT2D eigenvalue weighted by Crippen LogP contribution is 2.25. The van der Waals surface area contributed by atoms with Crippen molar-refractivity contribution < 1.29 is 26.3 Å². The van der Waals surface area contributed by atoms with Gasteiger partial charge >= 0.3 is 6.36 Å². The van der Waals surface area contributed by atoms with E-state index in [-0.39, 0.29) is 10.6 Å². The smallest absolute Gasteiger partial charge is 0.406 e. The first kappa shape index (κ1) is 21.9. The Labute approximate surface area is 173 Å². The lowest BCUT2D eigenvalue weighted by Gasteiger charge is -2.10. The Morgan fingerprint density at radius 3 is 2.13 bits per heavy atom. The topological polar surface area (TPSA) is 69.4 Å². The minimum Gasteiger partial charge on any atom is -0.406 e. The highest BCUT2D eigenvalue weighted by atomic mass is 32.2. The average molecular weight is 435 g/mol. The van der Waals surface area contributed by atoms with Crippen LogP contribution in [0, 0.1) is 0 Å². The molecule has 30 heavy (non-hydrogen) atoms. The number of hydrogen-bond donors (Lipinski definition) is 1. The van der Waals surface area contributed by atoms with Gasteiger partial charge in [0.15, 0.2) is 0 Å². The van der Waals surface area contributed by atoms with Crippen molar-refractivity contribution >= 4 is 10.0 Å². The van der Waals surface area contributed by atoms with E-state index >= 15 is 0 Å². The Hall–Kier alpha value is -2.84. The highest BCUT2D eigenvalue weighted by molar-refractivity contribution is 7.89. The van der Waals surface area contributed by atoms with Crippen molar-refractivity contribution in [3.63, 3.8) is 0 Å². The number of sulfonamides is 1. The molecule has 3 rings (SSSR count). The van der Waals surface area contributed by atoms with E-state index in [0.29, 0.717) is 6.42 Å². The molecule has 3 aromatic rings. The fourth-order valence-electron chi connectivity index (χ4n) is 3.11. The van der Waals surface area contributed by atoms with E-state index in [2.05, 4.69) is 4.74 Å². The third-order valence-corrected chi connectivity index (χ3v) is 5.42. The number of aryl methyl sites for hydroxylation is 2. The highest BCUT2D eigenvalue weighted by Gasteiger charge is 2.31. The van der Waals surface area contributed by atoms with Gasteiger partial charge in [0.05, 0.1) is 4.90 Å². The van der Waals surface area contributed by atoms with E-state index in [1.807, 2.05) is 24.3 Å². The summed E-state index contributed by atoms with van der Waals surface area (Å²) in [6.45, 7) is 0. The molecule has 8 heteroatoms. The van der Waals surface area contributed by atoms with Gasteiger partial charge in [-0.3, -0.25) is 0 Å². The molecule has 3 aromatic carbocycles. The van der Waals surface area contributed by atoms with Gasteiger partial charge in [0.25, 0.3) is 0 Å². The van der Waals surface area contributed by atoms with Crippen LogP contribution in [0.1, 0.15) is 17.5 Å². The number of alkyl halides is 3. The first-order valence-electron chi connectivity index (χ1n) is 9.17. The van der Waals surface area contributed by atoms with Gasteiger partial charge in [-0.2, -0.15) is 0 Å². The molecular weight excluding hydrogens is 415 g/mol. The van der Waals surface area contributed by atoms with Crippen LogP contribution < -0.4 is 9.88 Å². The van der Waals surface area contributed by atoms with Crippen molar-refractivity contribution in [2.45, 2.75) is 30.5 Å². The van der Waals surface area contributed by atoms with Gasteiger partial charge in [-0.25, -0.2) is 13.6 Å². The van der Waals surface area contributed by atoms with E-state index in [1.165, 1.54) is 24.3 Å². The Kier molecular flexibility index (Phi) is 6.48. The minimum absolute atomic E-state index is 0.0563. The van der Waals surface area contributed by atoms with Crippen molar-refractivity contribution in [3.05, 3.63) is 83.9 Å². The van der Waals surface area contributed by atoms with Crippen LogP contribution in [-0.2, 0) is 22.9 Å². The first-order chi connectivity index (χ1) is 14.1. The molecule has 2 N–H and O–H groups in total. The third kappa shape index (κ3) is 6.33. The molecule has 0 amide bonds. The second-order valence-electron chi connectivity index (χ2n) is 6.82. The van der Waals surface area contributed by atoms with Crippen LogP contribution in [0.2, 0.25) is 0 Å². The fraction of sp³-hybridized carbons (Fsp3) is 0.182. The zero-order chi connectivity index (χ0) is 21.8. The van der Waals surface area contributed by atoms with Crippen molar-refractivity contribution in [2.24, 2.45) is 5.14 Å². The Morgan fingerprint density at radius 2 is 1.47 bits per heavy atom. The summed E-state index contributed by atoms with van der Waals surface area (Å²) in [4.78, 5) is 0.0563. The van der Waals surface area contributed by atoms with Crippen LogP contribution in [0.15, 0.2) is 77.7 Å². The summed E-state index contributed by atoms with van der Waals surface area (Å²) in [6.07, 6.45) is -2.57. The molecule has 0 aromatic heterocycles. The first-order valence-corrected chi connectivity index (χ1v) is 10.7. The number of hydrogen-bond acceptors (Lipinski definition) is 3. The predicted octanol–water partition coefficient (Wildman–Crippen LogP) is 5.07. The second-order valence-corrected chi connectivity index (χ2v) is 8.38. The number of benzene rings is 3. The van der Waals surface area contributed by atoms with Crippen LogP contribution in [0.4, 0.5) is 13.2 Å². The summed E-state index contributed by atoms with van der Waals surface area (Å²) >= 11 is 0.